The van der Waals surface area contributed by atoms with Crippen molar-refractivity contribution in [2.24, 2.45) is 17.8 Å². The molecule has 0 aliphatic heterocycles. The Morgan fingerprint density at radius 2 is 1.76 bits per heavy atom. The van der Waals surface area contributed by atoms with Gasteiger partial charge in [-0.1, -0.05) is 57.9 Å². The standard InChI is InChI=1S/C19H34O2/c1-8-14(2)12-16(4)13-15(3)10-9-11-17(5)18(6)21-19(7)20/h9-10,13-14,16-18H,8,11-12H2,1-7H3/b10-9+,15-13+. The fourth-order valence-electron chi connectivity index (χ4n) is 2.41. The van der Waals surface area contributed by atoms with Gasteiger partial charge in [0, 0.05) is 6.92 Å². The van der Waals surface area contributed by atoms with E-state index < -0.39 is 0 Å². The largest absolute Gasteiger partial charge is 0.463 e. The normalized spacial score (nSPS) is 18.3. The second-order valence-corrected chi connectivity index (χ2v) is 6.57. The topological polar surface area (TPSA) is 26.3 Å². The minimum absolute atomic E-state index is 0.0271. The molecule has 0 aromatic carbocycles. The van der Waals surface area contributed by atoms with Crippen molar-refractivity contribution < 1.29 is 9.53 Å². The van der Waals surface area contributed by atoms with Crippen LogP contribution in [0.1, 0.15) is 67.7 Å². The molecule has 0 aliphatic carbocycles. The maximum atomic E-state index is 10.9. The van der Waals surface area contributed by atoms with E-state index >= 15 is 0 Å². The highest BCUT2D eigenvalue weighted by molar-refractivity contribution is 5.66. The Kier molecular flexibility index (Phi) is 10.1. The first kappa shape index (κ1) is 19.9. The van der Waals surface area contributed by atoms with E-state index in [-0.39, 0.29) is 12.1 Å². The molecule has 0 saturated heterocycles. The van der Waals surface area contributed by atoms with Crippen LogP contribution in [0.5, 0.6) is 0 Å². The average Bonchev–Trinajstić information content (AvgIpc) is 2.37. The van der Waals surface area contributed by atoms with Gasteiger partial charge in [0.25, 0.3) is 0 Å². The van der Waals surface area contributed by atoms with Crippen molar-refractivity contribution in [3.63, 3.8) is 0 Å². The van der Waals surface area contributed by atoms with Crippen molar-refractivity contribution in [3.8, 4) is 0 Å². The van der Waals surface area contributed by atoms with Gasteiger partial charge in [-0.3, -0.25) is 4.79 Å². The van der Waals surface area contributed by atoms with E-state index in [1.54, 1.807) is 0 Å². The lowest BCUT2D eigenvalue weighted by Crippen LogP contribution is -2.20. The van der Waals surface area contributed by atoms with Crippen LogP contribution >= 0.6 is 0 Å². The van der Waals surface area contributed by atoms with Gasteiger partial charge in [-0.25, -0.2) is 0 Å². The molecule has 0 spiro atoms. The Balaban J connectivity index is 4.25. The van der Waals surface area contributed by atoms with E-state index in [1.165, 1.54) is 25.3 Å². The minimum Gasteiger partial charge on any atom is -0.463 e. The molecule has 0 aromatic rings. The summed E-state index contributed by atoms with van der Waals surface area (Å²) in [5.74, 6) is 1.56. The van der Waals surface area contributed by atoms with Crippen molar-refractivity contribution in [2.45, 2.75) is 73.8 Å². The van der Waals surface area contributed by atoms with E-state index in [4.69, 9.17) is 4.74 Å². The monoisotopic (exact) mass is 294 g/mol. The Bertz CT molecular complexity index is 355. The van der Waals surface area contributed by atoms with Crippen molar-refractivity contribution in [3.05, 3.63) is 23.8 Å². The lowest BCUT2D eigenvalue weighted by molar-refractivity contribution is -0.147. The lowest BCUT2D eigenvalue weighted by Gasteiger charge is -2.18. The first-order valence-corrected chi connectivity index (χ1v) is 8.28. The highest BCUT2D eigenvalue weighted by atomic mass is 16.5. The number of carbonyl (C=O) groups excluding carboxylic acids is 1. The van der Waals surface area contributed by atoms with Gasteiger partial charge in [0.2, 0.25) is 0 Å². The molecular formula is C19H34O2. The predicted octanol–water partition coefficient (Wildman–Crippen LogP) is 5.54. The van der Waals surface area contributed by atoms with Crippen molar-refractivity contribution >= 4 is 5.97 Å². The third-order valence-electron chi connectivity index (χ3n) is 4.06. The van der Waals surface area contributed by atoms with Gasteiger partial charge in [0.15, 0.2) is 0 Å². The lowest BCUT2D eigenvalue weighted by atomic mass is 9.93. The molecule has 0 aromatic heterocycles. The van der Waals surface area contributed by atoms with Crippen LogP contribution < -0.4 is 0 Å². The first-order valence-electron chi connectivity index (χ1n) is 8.28. The third kappa shape index (κ3) is 10.3. The number of carbonyl (C=O) groups is 1. The summed E-state index contributed by atoms with van der Waals surface area (Å²) in [6, 6.07) is 0. The van der Waals surface area contributed by atoms with Gasteiger partial charge in [-0.15, -0.1) is 0 Å². The molecule has 0 heterocycles. The molecule has 21 heavy (non-hydrogen) atoms. The van der Waals surface area contributed by atoms with E-state index in [0.717, 1.165) is 12.3 Å². The molecule has 4 unspecified atom stereocenters. The second kappa shape index (κ2) is 10.6. The summed E-state index contributed by atoms with van der Waals surface area (Å²) in [7, 11) is 0. The molecule has 2 heteroatoms. The van der Waals surface area contributed by atoms with Gasteiger partial charge in [-0.2, -0.15) is 0 Å². The van der Waals surface area contributed by atoms with Gasteiger partial charge in [0.1, 0.15) is 6.10 Å². The van der Waals surface area contributed by atoms with Crippen LogP contribution in [0.3, 0.4) is 0 Å². The van der Waals surface area contributed by atoms with Crippen molar-refractivity contribution in [1.82, 2.24) is 0 Å². The van der Waals surface area contributed by atoms with E-state index in [0.29, 0.717) is 11.8 Å². The zero-order valence-electron chi connectivity index (χ0n) is 15.0. The highest BCUT2D eigenvalue weighted by Gasteiger charge is 2.13. The molecule has 0 saturated carbocycles. The zero-order valence-corrected chi connectivity index (χ0v) is 15.0. The molecule has 0 amide bonds. The fraction of sp³-hybridized carbons (Fsp3) is 0.737. The van der Waals surface area contributed by atoms with Crippen LogP contribution in [0, 0.1) is 17.8 Å². The Hall–Kier alpha value is -1.05. The maximum absolute atomic E-state index is 10.9. The molecule has 0 N–H and O–H groups in total. The van der Waals surface area contributed by atoms with E-state index in [9.17, 15) is 4.79 Å². The molecule has 0 fully saturated rings. The minimum atomic E-state index is -0.201. The Morgan fingerprint density at radius 3 is 2.29 bits per heavy atom. The molecule has 0 aliphatic rings. The van der Waals surface area contributed by atoms with Crippen LogP contribution in [0.2, 0.25) is 0 Å². The Labute approximate surface area is 131 Å². The summed E-state index contributed by atoms with van der Waals surface area (Å²) in [6.45, 7) is 14.5. The SMILES string of the molecule is CCC(C)CC(C)/C=C(C)/C=C/CC(C)C(C)OC(C)=O. The smallest absolute Gasteiger partial charge is 0.302 e. The summed E-state index contributed by atoms with van der Waals surface area (Å²) in [5.41, 5.74) is 1.32. The van der Waals surface area contributed by atoms with Crippen molar-refractivity contribution in [2.75, 3.05) is 0 Å². The molecular weight excluding hydrogens is 260 g/mol. The molecule has 2 nitrogen and oxygen atoms in total. The maximum Gasteiger partial charge on any atom is 0.302 e. The zero-order chi connectivity index (χ0) is 16.4. The van der Waals surface area contributed by atoms with Crippen LogP contribution in [0.4, 0.5) is 0 Å². The molecule has 0 rings (SSSR count). The number of rotatable bonds is 9. The van der Waals surface area contributed by atoms with Gasteiger partial charge >= 0.3 is 5.97 Å². The van der Waals surface area contributed by atoms with Gasteiger partial charge in [-0.05, 0) is 44.4 Å². The summed E-state index contributed by atoms with van der Waals surface area (Å²) in [6.07, 6.45) is 10.1. The van der Waals surface area contributed by atoms with Gasteiger partial charge in [0.05, 0.1) is 0 Å². The van der Waals surface area contributed by atoms with Crippen LogP contribution in [0.15, 0.2) is 23.8 Å². The molecule has 122 valence electrons. The first-order chi connectivity index (χ1) is 9.76. The number of hydrogen-bond acceptors (Lipinski definition) is 2. The quantitative estimate of drug-likeness (QED) is 0.412. The van der Waals surface area contributed by atoms with Crippen LogP contribution in [0.25, 0.3) is 0 Å². The van der Waals surface area contributed by atoms with Gasteiger partial charge < -0.3 is 4.74 Å². The van der Waals surface area contributed by atoms with E-state index in [2.05, 4.69) is 52.8 Å². The average molecular weight is 294 g/mol. The number of allylic oxidation sites excluding steroid dienone is 4. The van der Waals surface area contributed by atoms with E-state index in [1.807, 2.05) is 6.92 Å². The summed E-state index contributed by atoms with van der Waals surface area (Å²) in [5, 5.41) is 0. The number of esters is 1. The fourth-order valence-corrected chi connectivity index (χ4v) is 2.41. The summed E-state index contributed by atoms with van der Waals surface area (Å²) < 4.78 is 5.20. The highest BCUT2D eigenvalue weighted by Crippen LogP contribution is 2.18. The molecule has 0 bridgehead atoms. The predicted molar refractivity (Wildman–Crippen MR) is 91.1 cm³/mol. The van der Waals surface area contributed by atoms with Crippen molar-refractivity contribution in [1.29, 1.82) is 0 Å². The third-order valence-corrected chi connectivity index (χ3v) is 4.06. The van der Waals surface area contributed by atoms with Crippen LogP contribution in [-0.4, -0.2) is 12.1 Å². The number of hydrogen-bond donors (Lipinski definition) is 0. The summed E-state index contributed by atoms with van der Waals surface area (Å²) in [4.78, 5) is 10.9. The summed E-state index contributed by atoms with van der Waals surface area (Å²) >= 11 is 0. The second-order valence-electron chi connectivity index (χ2n) is 6.57. The molecule has 4 atom stereocenters. The molecule has 0 radical (unpaired) electrons. The Morgan fingerprint density at radius 1 is 1.14 bits per heavy atom. The number of ether oxygens (including phenoxy) is 1. The van der Waals surface area contributed by atoms with Crippen LogP contribution in [-0.2, 0) is 9.53 Å².